The van der Waals surface area contributed by atoms with E-state index in [-0.39, 0.29) is 6.09 Å². The molecule has 0 unspecified atom stereocenters. The lowest BCUT2D eigenvalue weighted by atomic mass is 10.2. The van der Waals surface area contributed by atoms with Crippen LogP contribution in [0.25, 0.3) is 0 Å². The van der Waals surface area contributed by atoms with Crippen molar-refractivity contribution < 1.29 is 9.53 Å². The number of ether oxygens (including phenoxy) is 1. The van der Waals surface area contributed by atoms with Crippen molar-refractivity contribution in [3.63, 3.8) is 0 Å². The van der Waals surface area contributed by atoms with Crippen molar-refractivity contribution in [2.24, 2.45) is 0 Å². The Labute approximate surface area is 88.8 Å². The summed E-state index contributed by atoms with van der Waals surface area (Å²) in [4.78, 5) is 13.2. The van der Waals surface area contributed by atoms with E-state index in [1.807, 2.05) is 24.3 Å². The third kappa shape index (κ3) is 1.88. The normalized spacial score (nSPS) is 14.9. The molecule has 0 atom stereocenters. The maximum absolute atomic E-state index is 11.6. The molecule has 1 N–H and O–H groups in total. The van der Waals surface area contributed by atoms with Crippen LogP contribution in [0.1, 0.15) is 6.42 Å². The Morgan fingerprint density at radius 1 is 1.47 bits per heavy atom. The van der Waals surface area contributed by atoms with Crippen LogP contribution in [0.5, 0.6) is 0 Å². The van der Waals surface area contributed by atoms with Gasteiger partial charge in [0, 0.05) is 13.1 Å². The van der Waals surface area contributed by atoms with Gasteiger partial charge < -0.3 is 10.1 Å². The third-order valence-electron chi connectivity index (χ3n) is 2.46. The standard InChI is InChI=1S/C11H14N2O2/c1-15-11(14)13-8-4-7-12-9-5-2-3-6-10(9)13/h2-3,5-6,12H,4,7-8H2,1H3. The fourth-order valence-electron chi connectivity index (χ4n) is 1.74. The highest BCUT2D eigenvalue weighted by atomic mass is 16.5. The van der Waals surface area contributed by atoms with Crippen LogP contribution in [-0.4, -0.2) is 26.3 Å². The largest absolute Gasteiger partial charge is 0.452 e. The Kier molecular flexibility index (Phi) is 2.76. The molecule has 2 rings (SSSR count). The number of methoxy groups -OCH3 is 1. The van der Waals surface area contributed by atoms with Crippen LogP contribution >= 0.6 is 0 Å². The van der Waals surface area contributed by atoms with Crippen molar-refractivity contribution in [3.05, 3.63) is 24.3 Å². The molecule has 4 nitrogen and oxygen atoms in total. The van der Waals surface area contributed by atoms with Crippen LogP contribution in [0, 0.1) is 0 Å². The van der Waals surface area contributed by atoms with Crippen LogP contribution in [0.2, 0.25) is 0 Å². The molecule has 0 saturated heterocycles. The van der Waals surface area contributed by atoms with E-state index in [1.54, 1.807) is 4.90 Å². The summed E-state index contributed by atoms with van der Waals surface area (Å²) in [5.74, 6) is 0. The maximum Gasteiger partial charge on any atom is 0.414 e. The zero-order valence-electron chi connectivity index (χ0n) is 8.69. The highest BCUT2D eigenvalue weighted by Crippen LogP contribution is 2.28. The van der Waals surface area contributed by atoms with Crippen LogP contribution in [0.15, 0.2) is 24.3 Å². The summed E-state index contributed by atoms with van der Waals surface area (Å²) in [6.07, 6.45) is 0.621. The molecule has 1 aromatic carbocycles. The molecule has 80 valence electrons. The Morgan fingerprint density at radius 2 is 2.27 bits per heavy atom. The molecule has 15 heavy (non-hydrogen) atoms. The van der Waals surface area contributed by atoms with E-state index in [0.29, 0.717) is 6.54 Å². The minimum atomic E-state index is -0.300. The Morgan fingerprint density at radius 3 is 3.07 bits per heavy atom. The molecule has 1 aromatic rings. The summed E-state index contributed by atoms with van der Waals surface area (Å²) in [5, 5.41) is 3.28. The molecular weight excluding hydrogens is 192 g/mol. The SMILES string of the molecule is COC(=O)N1CCCNc2ccccc21. The van der Waals surface area contributed by atoms with Crippen molar-refractivity contribution >= 4 is 17.5 Å². The van der Waals surface area contributed by atoms with E-state index in [9.17, 15) is 4.79 Å². The van der Waals surface area contributed by atoms with Crippen molar-refractivity contribution in [3.8, 4) is 0 Å². The first kappa shape index (κ1) is 9.83. The number of benzene rings is 1. The number of carbonyl (C=O) groups is 1. The molecule has 1 amide bonds. The molecule has 0 fully saturated rings. The van der Waals surface area contributed by atoms with Crippen molar-refractivity contribution in [1.82, 2.24) is 0 Å². The molecule has 0 bridgehead atoms. The predicted molar refractivity (Wildman–Crippen MR) is 59.3 cm³/mol. The molecule has 0 saturated carbocycles. The van der Waals surface area contributed by atoms with Gasteiger partial charge in [-0.15, -0.1) is 0 Å². The van der Waals surface area contributed by atoms with Crippen molar-refractivity contribution in [2.75, 3.05) is 30.4 Å². The average Bonchev–Trinajstić information content (AvgIpc) is 2.50. The van der Waals surface area contributed by atoms with Gasteiger partial charge in [0.25, 0.3) is 0 Å². The van der Waals surface area contributed by atoms with Crippen molar-refractivity contribution in [2.45, 2.75) is 6.42 Å². The summed E-state index contributed by atoms with van der Waals surface area (Å²) in [5.41, 5.74) is 1.88. The smallest absolute Gasteiger partial charge is 0.414 e. The molecule has 0 aliphatic carbocycles. The number of hydrogen-bond acceptors (Lipinski definition) is 3. The van der Waals surface area contributed by atoms with E-state index in [1.165, 1.54) is 7.11 Å². The molecule has 1 heterocycles. The number of anilines is 2. The topological polar surface area (TPSA) is 41.6 Å². The fraction of sp³-hybridized carbons (Fsp3) is 0.364. The van der Waals surface area contributed by atoms with Gasteiger partial charge in [-0.05, 0) is 18.6 Å². The van der Waals surface area contributed by atoms with Crippen LogP contribution in [0.4, 0.5) is 16.2 Å². The average molecular weight is 206 g/mol. The second kappa shape index (κ2) is 4.21. The summed E-state index contributed by atoms with van der Waals surface area (Å²) >= 11 is 0. The summed E-state index contributed by atoms with van der Waals surface area (Å²) < 4.78 is 4.76. The first-order chi connectivity index (χ1) is 7.33. The monoisotopic (exact) mass is 206 g/mol. The van der Waals surface area contributed by atoms with Gasteiger partial charge in [-0.2, -0.15) is 0 Å². The number of nitrogens with one attached hydrogen (secondary N) is 1. The molecule has 1 aliphatic rings. The van der Waals surface area contributed by atoms with Gasteiger partial charge in [-0.25, -0.2) is 4.79 Å². The number of rotatable bonds is 0. The fourth-order valence-corrected chi connectivity index (χ4v) is 1.74. The second-order valence-electron chi connectivity index (χ2n) is 3.42. The lowest BCUT2D eigenvalue weighted by molar-refractivity contribution is 0.178. The molecule has 0 radical (unpaired) electrons. The number of para-hydroxylation sites is 2. The molecule has 0 spiro atoms. The van der Waals surface area contributed by atoms with Gasteiger partial charge >= 0.3 is 6.09 Å². The van der Waals surface area contributed by atoms with E-state index in [2.05, 4.69) is 5.32 Å². The van der Waals surface area contributed by atoms with Gasteiger partial charge in [-0.3, -0.25) is 4.90 Å². The van der Waals surface area contributed by atoms with E-state index in [4.69, 9.17) is 4.74 Å². The zero-order chi connectivity index (χ0) is 10.7. The van der Waals surface area contributed by atoms with Crippen molar-refractivity contribution in [1.29, 1.82) is 0 Å². The lowest BCUT2D eigenvalue weighted by Gasteiger charge is -2.20. The Hall–Kier alpha value is -1.71. The summed E-state index contributed by atoms with van der Waals surface area (Å²) in [6.45, 7) is 1.57. The van der Waals surface area contributed by atoms with Gasteiger partial charge in [0.05, 0.1) is 18.5 Å². The van der Waals surface area contributed by atoms with Gasteiger partial charge in [0.15, 0.2) is 0 Å². The van der Waals surface area contributed by atoms with Crippen LogP contribution in [0.3, 0.4) is 0 Å². The molecule has 4 heteroatoms. The van der Waals surface area contributed by atoms with Gasteiger partial charge in [0.2, 0.25) is 0 Å². The zero-order valence-corrected chi connectivity index (χ0v) is 8.69. The Balaban J connectivity index is 2.37. The van der Waals surface area contributed by atoms with Gasteiger partial charge in [0.1, 0.15) is 0 Å². The minimum Gasteiger partial charge on any atom is -0.452 e. The number of fused-ring (bicyclic) bond motifs is 1. The third-order valence-corrected chi connectivity index (χ3v) is 2.46. The molecule has 1 aliphatic heterocycles. The number of nitrogens with zero attached hydrogens (tertiary/aromatic N) is 1. The van der Waals surface area contributed by atoms with E-state index < -0.39 is 0 Å². The number of hydrogen-bond donors (Lipinski definition) is 1. The number of amides is 1. The maximum atomic E-state index is 11.6. The lowest BCUT2D eigenvalue weighted by Crippen LogP contribution is -2.31. The second-order valence-corrected chi connectivity index (χ2v) is 3.42. The predicted octanol–water partition coefficient (Wildman–Crippen LogP) is 2.08. The highest BCUT2D eigenvalue weighted by molar-refractivity contribution is 5.92. The minimum absolute atomic E-state index is 0.300. The van der Waals surface area contributed by atoms with E-state index in [0.717, 1.165) is 24.3 Å². The molecular formula is C11H14N2O2. The Bertz CT molecular complexity index is 365. The summed E-state index contributed by atoms with van der Waals surface area (Å²) in [6, 6.07) is 7.76. The first-order valence-corrected chi connectivity index (χ1v) is 5.01. The quantitative estimate of drug-likeness (QED) is 0.706. The highest BCUT2D eigenvalue weighted by Gasteiger charge is 2.20. The number of carbonyl (C=O) groups excluding carboxylic acids is 1. The molecule has 0 aromatic heterocycles. The first-order valence-electron chi connectivity index (χ1n) is 5.01. The van der Waals surface area contributed by atoms with Crippen LogP contribution in [-0.2, 0) is 4.74 Å². The van der Waals surface area contributed by atoms with Crippen LogP contribution < -0.4 is 10.2 Å². The summed E-state index contributed by atoms with van der Waals surface area (Å²) in [7, 11) is 1.41. The van der Waals surface area contributed by atoms with Gasteiger partial charge in [-0.1, -0.05) is 12.1 Å². The van der Waals surface area contributed by atoms with E-state index >= 15 is 0 Å².